The Morgan fingerprint density at radius 2 is 1.75 bits per heavy atom. The van der Waals surface area contributed by atoms with Crippen molar-refractivity contribution in [3.05, 3.63) is 27.7 Å². The maximum atomic E-state index is 12.0. The number of halogens is 1. The van der Waals surface area contributed by atoms with Crippen molar-refractivity contribution in [3.8, 4) is 11.5 Å². The fraction of sp³-hybridized carbons (Fsp3) is 0.312. The summed E-state index contributed by atoms with van der Waals surface area (Å²) in [6.45, 7) is 4.91. The van der Waals surface area contributed by atoms with Crippen LogP contribution in [0.4, 0.5) is 0 Å². The number of hydrogen-bond donors (Lipinski definition) is 2. The molecule has 1 aromatic rings. The van der Waals surface area contributed by atoms with Crippen molar-refractivity contribution in [2.75, 3.05) is 13.2 Å². The van der Waals surface area contributed by atoms with Gasteiger partial charge in [0.25, 0.3) is 11.8 Å². The summed E-state index contributed by atoms with van der Waals surface area (Å²) < 4.78 is 11.9. The molecule has 0 spiro atoms. The molecule has 0 unspecified atom stereocenters. The van der Waals surface area contributed by atoms with E-state index in [2.05, 4.69) is 26.6 Å². The summed E-state index contributed by atoms with van der Waals surface area (Å²) in [5.41, 5.74) is 0.587. The van der Waals surface area contributed by atoms with E-state index in [1.165, 1.54) is 6.08 Å². The molecule has 0 aromatic heterocycles. The van der Waals surface area contributed by atoms with Gasteiger partial charge in [0, 0.05) is 4.47 Å². The Balaban J connectivity index is 2.41. The molecule has 1 aliphatic rings. The van der Waals surface area contributed by atoms with Gasteiger partial charge in [-0.15, -0.1) is 0 Å². The van der Waals surface area contributed by atoms with Gasteiger partial charge in [-0.3, -0.25) is 20.2 Å². The lowest BCUT2D eigenvalue weighted by molar-refractivity contribution is -0.123. The standard InChI is InChI=1S/C16H17BrN2O4S/c1-3-5-23-13-8-11(17)9(7-12(13)22-4-2)6-10-14(20)18-16(24)19-15(10)21/h6-8H,3-5H2,1-2H3,(H2,18,19,20,21,24). The van der Waals surface area contributed by atoms with Crippen LogP contribution in [0.15, 0.2) is 22.2 Å². The highest BCUT2D eigenvalue weighted by Crippen LogP contribution is 2.35. The summed E-state index contributed by atoms with van der Waals surface area (Å²) in [4.78, 5) is 23.9. The van der Waals surface area contributed by atoms with Gasteiger partial charge in [-0.2, -0.15) is 0 Å². The number of thiocarbonyl (C=S) groups is 1. The average Bonchev–Trinajstić information content (AvgIpc) is 2.52. The third kappa shape index (κ3) is 4.33. The molecule has 0 aliphatic carbocycles. The Morgan fingerprint density at radius 3 is 2.33 bits per heavy atom. The fourth-order valence-corrected chi connectivity index (χ4v) is 2.64. The molecule has 0 atom stereocenters. The minimum absolute atomic E-state index is 0.000431. The molecular formula is C16H17BrN2O4S. The van der Waals surface area contributed by atoms with Gasteiger partial charge in [-0.05, 0) is 49.3 Å². The normalized spacial score (nSPS) is 14.1. The molecule has 128 valence electrons. The molecule has 2 amide bonds. The smallest absolute Gasteiger partial charge is 0.263 e. The number of carbonyl (C=O) groups is 2. The molecule has 6 nitrogen and oxygen atoms in total. The van der Waals surface area contributed by atoms with Crippen LogP contribution in [0.1, 0.15) is 25.8 Å². The molecule has 1 heterocycles. The lowest BCUT2D eigenvalue weighted by atomic mass is 10.1. The van der Waals surface area contributed by atoms with E-state index in [1.807, 2.05) is 13.8 Å². The molecule has 1 aliphatic heterocycles. The van der Waals surface area contributed by atoms with Gasteiger partial charge in [-0.25, -0.2) is 0 Å². The van der Waals surface area contributed by atoms with E-state index in [1.54, 1.807) is 12.1 Å². The van der Waals surface area contributed by atoms with Crippen molar-refractivity contribution in [1.82, 2.24) is 10.6 Å². The van der Waals surface area contributed by atoms with E-state index < -0.39 is 11.8 Å². The van der Waals surface area contributed by atoms with Crippen LogP contribution in [-0.4, -0.2) is 30.1 Å². The van der Waals surface area contributed by atoms with Gasteiger partial charge < -0.3 is 9.47 Å². The molecule has 0 radical (unpaired) electrons. The second kappa shape index (κ2) is 8.25. The van der Waals surface area contributed by atoms with Crippen molar-refractivity contribution in [3.63, 3.8) is 0 Å². The maximum Gasteiger partial charge on any atom is 0.263 e. The molecule has 0 bridgehead atoms. The highest BCUT2D eigenvalue weighted by atomic mass is 79.9. The van der Waals surface area contributed by atoms with E-state index in [9.17, 15) is 9.59 Å². The largest absolute Gasteiger partial charge is 0.490 e. The van der Waals surface area contributed by atoms with Crippen molar-refractivity contribution >= 4 is 51.2 Å². The Morgan fingerprint density at radius 1 is 1.12 bits per heavy atom. The first kappa shape index (κ1) is 18.4. The van der Waals surface area contributed by atoms with Crippen molar-refractivity contribution in [2.45, 2.75) is 20.3 Å². The van der Waals surface area contributed by atoms with Gasteiger partial charge in [-0.1, -0.05) is 22.9 Å². The third-order valence-electron chi connectivity index (χ3n) is 3.07. The SMILES string of the molecule is CCCOc1cc(Br)c(C=C2C(=O)NC(=S)NC2=O)cc1OCC. The van der Waals surface area contributed by atoms with Crippen molar-refractivity contribution in [1.29, 1.82) is 0 Å². The summed E-state index contributed by atoms with van der Waals surface area (Å²) in [5, 5.41) is 4.80. The predicted molar refractivity (Wildman–Crippen MR) is 98.0 cm³/mol. The average molecular weight is 413 g/mol. The molecule has 2 N–H and O–H groups in total. The van der Waals surface area contributed by atoms with E-state index in [4.69, 9.17) is 21.7 Å². The second-order valence-corrected chi connectivity index (χ2v) is 6.16. The number of ether oxygens (including phenoxy) is 2. The molecule has 1 aromatic carbocycles. The molecule has 0 saturated carbocycles. The summed E-state index contributed by atoms with van der Waals surface area (Å²) >= 11 is 8.21. The minimum Gasteiger partial charge on any atom is -0.490 e. The number of rotatable bonds is 6. The molecule has 1 saturated heterocycles. The van der Waals surface area contributed by atoms with Gasteiger partial charge in [0.05, 0.1) is 13.2 Å². The highest BCUT2D eigenvalue weighted by Gasteiger charge is 2.26. The van der Waals surface area contributed by atoms with Gasteiger partial charge >= 0.3 is 0 Å². The fourth-order valence-electron chi connectivity index (χ4n) is 2.02. The van der Waals surface area contributed by atoms with Gasteiger partial charge in [0.2, 0.25) is 0 Å². The first-order chi connectivity index (χ1) is 11.5. The van der Waals surface area contributed by atoms with Gasteiger partial charge in [0.1, 0.15) is 5.57 Å². The second-order valence-electron chi connectivity index (χ2n) is 4.90. The van der Waals surface area contributed by atoms with E-state index in [-0.39, 0.29) is 10.7 Å². The van der Waals surface area contributed by atoms with Crippen LogP contribution in [0, 0.1) is 0 Å². The van der Waals surface area contributed by atoms with Crippen LogP contribution in [0.5, 0.6) is 11.5 Å². The molecule has 2 rings (SSSR count). The van der Waals surface area contributed by atoms with E-state index in [0.717, 1.165) is 6.42 Å². The molecule has 24 heavy (non-hydrogen) atoms. The lowest BCUT2D eigenvalue weighted by Gasteiger charge is -2.17. The Labute approximate surface area is 153 Å². The maximum absolute atomic E-state index is 12.0. The van der Waals surface area contributed by atoms with E-state index in [0.29, 0.717) is 34.7 Å². The van der Waals surface area contributed by atoms with Crippen LogP contribution < -0.4 is 20.1 Å². The third-order valence-corrected chi connectivity index (χ3v) is 3.96. The number of amides is 2. The number of benzene rings is 1. The molecule has 8 heteroatoms. The number of nitrogens with one attached hydrogen (secondary N) is 2. The first-order valence-corrected chi connectivity index (χ1v) is 8.63. The summed E-state index contributed by atoms with van der Waals surface area (Å²) in [5.74, 6) is 0.0689. The van der Waals surface area contributed by atoms with Crippen LogP contribution >= 0.6 is 28.1 Å². The Kier molecular flexibility index (Phi) is 6.33. The number of hydrogen-bond acceptors (Lipinski definition) is 5. The van der Waals surface area contributed by atoms with E-state index >= 15 is 0 Å². The van der Waals surface area contributed by atoms with Crippen LogP contribution in [0.2, 0.25) is 0 Å². The zero-order valence-electron chi connectivity index (χ0n) is 13.3. The zero-order valence-corrected chi connectivity index (χ0v) is 15.7. The molecular weight excluding hydrogens is 396 g/mol. The molecule has 1 fully saturated rings. The Hall–Kier alpha value is -1.93. The van der Waals surface area contributed by atoms with Gasteiger partial charge in [0.15, 0.2) is 16.6 Å². The monoisotopic (exact) mass is 412 g/mol. The number of carbonyl (C=O) groups excluding carboxylic acids is 2. The van der Waals surface area contributed by atoms with Crippen molar-refractivity contribution < 1.29 is 19.1 Å². The predicted octanol–water partition coefficient (Wildman–Crippen LogP) is 2.55. The summed E-state index contributed by atoms with van der Waals surface area (Å²) in [6.07, 6.45) is 2.35. The topological polar surface area (TPSA) is 76.7 Å². The summed E-state index contributed by atoms with van der Waals surface area (Å²) in [6, 6.07) is 3.48. The Bertz CT molecular complexity index is 696. The quantitative estimate of drug-likeness (QED) is 0.426. The summed E-state index contributed by atoms with van der Waals surface area (Å²) in [7, 11) is 0. The lowest BCUT2D eigenvalue weighted by Crippen LogP contribution is -2.51. The van der Waals surface area contributed by atoms with Crippen molar-refractivity contribution in [2.24, 2.45) is 0 Å². The van der Waals surface area contributed by atoms with Crippen LogP contribution in [-0.2, 0) is 9.59 Å². The van der Waals surface area contributed by atoms with Crippen LogP contribution in [0.3, 0.4) is 0 Å². The highest BCUT2D eigenvalue weighted by molar-refractivity contribution is 9.10. The first-order valence-electron chi connectivity index (χ1n) is 7.43. The zero-order chi connectivity index (χ0) is 17.7. The van der Waals surface area contributed by atoms with Crippen LogP contribution in [0.25, 0.3) is 6.08 Å². The minimum atomic E-state index is -0.542.